The molecular weight excluding hydrogens is 284 g/mol. The van der Waals surface area contributed by atoms with Gasteiger partial charge in [0.05, 0.1) is 19.1 Å². The molecule has 1 aliphatic rings. The van der Waals surface area contributed by atoms with Gasteiger partial charge in [-0.15, -0.1) is 23.7 Å². The molecule has 19 heavy (non-hydrogen) atoms. The molecule has 2 atom stereocenters. The van der Waals surface area contributed by atoms with Gasteiger partial charge in [0.2, 0.25) is 5.91 Å². The summed E-state index contributed by atoms with van der Waals surface area (Å²) in [5.74, 6) is 0.0766. The molecule has 0 aromatic carbocycles. The van der Waals surface area contributed by atoms with Crippen molar-refractivity contribution in [2.45, 2.75) is 31.9 Å². The highest BCUT2D eigenvalue weighted by Crippen LogP contribution is 2.11. The van der Waals surface area contributed by atoms with Crippen LogP contribution in [0.2, 0.25) is 0 Å². The number of halogens is 1. The Morgan fingerprint density at radius 1 is 1.68 bits per heavy atom. The van der Waals surface area contributed by atoms with Crippen molar-refractivity contribution in [1.82, 2.24) is 10.6 Å². The molecule has 2 rings (SSSR count). The van der Waals surface area contributed by atoms with Gasteiger partial charge in [0.15, 0.2) is 0 Å². The van der Waals surface area contributed by atoms with Gasteiger partial charge < -0.3 is 15.4 Å². The number of hydrogen-bond acceptors (Lipinski definition) is 4. The monoisotopic (exact) mass is 304 g/mol. The Morgan fingerprint density at radius 2 is 2.53 bits per heavy atom. The molecule has 1 aromatic heterocycles. The number of nitrogens with one attached hydrogen (secondary N) is 2. The first-order valence-electron chi connectivity index (χ1n) is 6.38. The summed E-state index contributed by atoms with van der Waals surface area (Å²) >= 11 is 1.73. The lowest BCUT2D eigenvalue weighted by Gasteiger charge is -2.23. The van der Waals surface area contributed by atoms with E-state index in [1.165, 1.54) is 4.88 Å². The molecule has 1 amide bonds. The maximum Gasteiger partial charge on any atom is 0.222 e. The van der Waals surface area contributed by atoms with Crippen LogP contribution in [0.25, 0.3) is 0 Å². The second-order valence-electron chi connectivity index (χ2n) is 4.65. The van der Waals surface area contributed by atoms with Crippen molar-refractivity contribution >= 4 is 29.7 Å². The quantitative estimate of drug-likeness (QED) is 0.869. The number of ether oxygens (including phenoxy) is 1. The summed E-state index contributed by atoms with van der Waals surface area (Å²) in [4.78, 5) is 13.1. The lowest BCUT2D eigenvalue weighted by atomic mass is 10.1. The van der Waals surface area contributed by atoms with E-state index < -0.39 is 0 Å². The standard InChI is InChI=1S/C13H20N2O2S.ClH/c1-10(7-12-3-2-6-18-12)15-13(16)8-11-9-14-4-5-17-11;/h2-3,6,10-11,14H,4-5,7-9H2,1H3,(H,15,16);1H. The minimum atomic E-state index is 0. The number of hydrogen-bond donors (Lipinski definition) is 2. The van der Waals surface area contributed by atoms with Gasteiger partial charge in [-0.1, -0.05) is 6.07 Å². The van der Waals surface area contributed by atoms with E-state index >= 15 is 0 Å². The first kappa shape index (κ1) is 16.4. The molecule has 1 fully saturated rings. The molecule has 1 aliphatic heterocycles. The lowest BCUT2D eigenvalue weighted by molar-refractivity contribution is -0.125. The van der Waals surface area contributed by atoms with Gasteiger partial charge in [-0.3, -0.25) is 4.79 Å². The Morgan fingerprint density at radius 3 is 3.16 bits per heavy atom. The first-order chi connectivity index (χ1) is 8.74. The van der Waals surface area contributed by atoms with E-state index in [1.807, 2.05) is 13.0 Å². The van der Waals surface area contributed by atoms with Crippen molar-refractivity contribution < 1.29 is 9.53 Å². The molecule has 1 aromatic rings. The third-order valence-corrected chi connectivity index (χ3v) is 3.81. The van der Waals surface area contributed by atoms with Crippen molar-refractivity contribution in [3.63, 3.8) is 0 Å². The molecular formula is C13H21ClN2O2S. The third kappa shape index (κ3) is 5.91. The van der Waals surface area contributed by atoms with Gasteiger partial charge >= 0.3 is 0 Å². The highest BCUT2D eigenvalue weighted by Gasteiger charge is 2.18. The first-order valence-corrected chi connectivity index (χ1v) is 7.26. The van der Waals surface area contributed by atoms with Crippen molar-refractivity contribution in [1.29, 1.82) is 0 Å². The molecule has 0 aliphatic carbocycles. The predicted molar refractivity (Wildman–Crippen MR) is 80.1 cm³/mol. The zero-order valence-corrected chi connectivity index (χ0v) is 12.7. The normalized spacial score (nSPS) is 20.4. The topological polar surface area (TPSA) is 50.4 Å². The number of carbonyl (C=O) groups is 1. The average Bonchev–Trinajstić information content (AvgIpc) is 2.82. The number of thiophene rings is 1. The van der Waals surface area contributed by atoms with Crippen LogP contribution in [-0.4, -0.2) is 37.7 Å². The van der Waals surface area contributed by atoms with Crippen LogP contribution in [0.15, 0.2) is 17.5 Å². The van der Waals surface area contributed by atoms with Crippen LogP contribution >= 0.6 is 23.7 Å². The molecule has 4 nitrogen and oxygen atoms in total. The van der Waals surface area contributed by atoms with Crippen LogP contribution in [0.1, 0.15) is 18.2 Å². The molecule has 0 radical (unpaired) electrons. The van der Waals surface area contributed by atoms with E-state index in [0.717, 1.165) is 19.5 Å². The molecule has 108 valence electrons. The minimum Gasteiger partial charge on any atom is -0.375 e. The van der Waals surface area contributed by atoms with Gasteiger partial charge in [-0.2, -0.15) is 0 Å². The summed E-state index contributed by atoms with van der Waals surface area (Å²) in [6.07, 6.45) is 1.36. The molecule has 0 spiro atoms. The highest BCUT2D eigenvalue weighted by molar-refractivity contribution is 7.09. The van der Waals surface area contributed by atoms with E-state index in [-0.39, 0.29) is 30.5 Å². The zero-order valence-electron chi connectivity index (χ0n) is 11.1. The maximum absolute atomic E-state index is 11.8. The Balaban J connectivity index is 0.00000180. The Hall–Kier alpha value is -0.620. The zero-order chi connectivity index (χ0) is 12.8. The predicted octanol–water partition coefficient (Wildman–Crippen LogP) is 1.60. The molecule has 1 saturated heterocycles. The lowest BCUT2D eigenvalue weighted by Crippen LogP contribution is -2.43. The van der Waals surface area contributed by atoms with Crippen LogP contribution < -0.4 is 10.6 Å². The molecule has 2 unspecified atom stereocenters. The summed E-state index contributed by atoms with van der Waals surface area (Å²) in [5, 5.41) is 8.31. The van der Waals surface area contributed by atoms with Crippen LogP contribution in [0.5, 0.6) is 0 Å². The molecule has 2 N–H and O–H groups in total. The van der Waals surface area contributed by atoms with Gasteiger partial charge in [0, 0.05) is 30.4 Å². The smallest absolute Gasteiger partial charge is 0.222 e. The van der Waals surface area contributed by atoms with E-state index in [1.54, 1.807) is 11.3 Å². The van der Waals surface area contributed by atoms with E-state index in [2.05, 4.69) is 22.1 Å². The Kier molecular flexibility index (Phi) is 7.38. The van der Waals surface area contributed by atoms with Crippen LogP contribution in [0, 0.1) is 0 Å². The number of rotatable bonds is 5. The molecule has 0 saturated carbocycles. The fourth-order valence-corrected chi connectivity index (χ4v) is 2.91. The van der Waals surface area contributed by atoms with Crippen LogP contribution in [0.3, 0.4) is 0 Å². The van der Waals surface area contributed by atoms with Crippen molar-refractivity contribution in [3.05, 3.63) is 22.4 Å². The summed E-state index contributed by atoms with van der Waals surface area (Å²) in [7, 11) is 0. The van der Waals surface area contributed by atoms with E-state index in [4.69, 9.17) is 4.74 Å². The second kappa shape index (κ2) is 8.53. The Bertz CT molecular complexity index is 367. The number of carbonyl (C=O) groups excluding carboxylic acids is 1. The van der Waals surface area contributed by atoms with Gasteiger partial charge in [-0.25, -0.2) is 0 Å². The summed E-state index contributed by atoms with van der Waals surface area (Å²) in [6, 6.07) is 4.31. The second-order valence-corrected chi connectivity index (χ2v) is 5.69. The van der Waals surface area contributed by atoms with Gasteiger partial charge in [-0.05, 0) is 18.4 Å². The van der Waals surface area contributed by atoms with Crippen molar-refractivity contribution in [2.75, 3.05) is 19.7 Å². The average molecular weight is 305 g/mol. The van der Waals surface area contributed by atoms with E-state index in [0.29, 0.717) is 13.0 Å². The maximum atomic E-state index is 11.8. The summed E-state index contributed by atoms with van der Waals surface area (Å²) in [6.45, 7) is 4.39. The molecule has 2 heterocycles. The van der Waals surface area contributed by atoms with Crippen LogP contribution in [0.4, 0.5) is 0 Å². The fourth-order valence-electron chi connectivity index (χ4n) is 2.07. The highest BCUT2D eigenvalue weighted by atomic mass is 35.5. The minimum absolute atomic E-state index is 0. The number of morpholine rings is 1. The largest absolute Gasteiger partial charge is 0.375 e. The van der Waals surface area contributed by atoms with E-state index in [9.17, 15) is 4.79 Å². The summed E-state index contributed by atoms with van der Waals surface area (Å²) < 4.78 is 5.51. The van der Waals surface area contributed by atoms with Crippen LogP contribution in [-0.2, 0) is 16.0 Å². The van der Waals surface area contributed by atoms with Gasteiger partial charge in [0.25, 0.3) is 0 Å². The van der Waals surface area contributed by atoms with Crippen molar-refractivity contribution in [3.8, 4) is 0 Å². The molecule has 0 bridgehead atoms. The van der Waals surface area contributed by atoms with Crippen molar-refractivity contribution in [2.24, 2.45) is 0 Å². The van der Waals surface area contributed by atoms with Gasteiger partial charge in [0.1, 0.15) is 0 Å². The SMILES string of the molecule is CC(Cc1cccs1)NC(=O)CC1CNCCO1.Cl. The fraction of sp³-hybridized carbons (Fsp3) is 0.615. The third-order valence-electron chi connectivity index (χ3n) is 2.91. The number of amides is 1. The molecule has 6 heteroatoms. The Labute approximate surface area is 124 Å². The summed E-state index contributed by atoms with van der Waals surface area (Å²) in [5.41, 5.74) is 0.